The number of carboxylic acid groups (broad SMARTS) is 1. The number of nitrogens with one attached hydrogen (secondary N) is 1. The summed E-state index contributed by atoms with van der Waals surface area (Å²) >= 11 is 0. The quantitative estimate of drug-likeness (QED) is 0.670. The Labute approximate surface area is 171 Å². The first-order valence-corrected chi connectivity index (χ1v) is 10.3. The van der Waals surface area contributed by atoms with E-state index in [1.807, 2.05) is 13.8 Å². The Morgan fingerprint density at radius 1 is 1.10 bits per heavy atom. The van der Waals surface area contributed by atoms with E-state index < -0.39 is 5.97 Å². The lowest BCUT2D eigenvalue weighted by molar-refractivity contribution is -0.142. The molecule has 0 radical (unpaired) electrons. The number of carbonyl (C=O) groups is 1. The zero-order valence-electron chi connectivity index (χ0n) is 17.3. The average Bonchev–Trinajstić information content (AvgIpc) is 3.00. The monoisotopic (exact) mass is 392 g/mol. The van der Waals surface area contributed by atoms with Gasteiger partial charge in [0.2, 0.25) is 0 Å². The second-order valence-electron chi connectivity index (χ2n) is 8.23. The maximum absolute atomic E-state index is 11.1. The van der Waals surface area contributed by atoms with E-state index in [4.69, 9.17) is 15.1 Å². The lowest BCUT2D eigenvalue weighted by atomic mass is 9.86. The van der Waals surface area contributed by atoms with Crippen molar-refractivity contribution in [1.82, 2.24) is 14.5 Å². The molecule has 4 rings (SSSR count). The minimum absolute atomic E-state index is 0.176. The molecule has 6 heteroatoms. The van der Waals surface area contributed by atoms with Crippen LogP contribution in [0, 0.1) is 26.7 Å². The molecule has 2 aromatic heterocycles. The fourth-order valence-electron chi connectivity index (χ4n) is 4.31. The number of aromatic nitrogens is 3. The van der Waals surface area contributed by atoms with Crippen LogP contribution in [0.3, 0.4) is 0 Å². The van der Waals surface area contributed by atoms with Crippen molar-refractivity contribution in [2.45, 2.75) is 59.0 Å². The molecule has 1 aromatic carbocycles. The second kappa shape index (κ2) is 7.85. The van der Waals surface area contributed by atoms with Gasteiger partial charge in [0.05, 0.1) is 12.5 Å². The van der Waals surface area contributed by atoms with E-state index in [1.165, 1.54) is 5.56 Å². The molecule has 0 saturated heterocycles. The Kier molecular flexibility index (Phi) is 5.26. The van der Waals surface area contributed by atoms with Gasteiger partial charge in [0.25, 0.3) is 0 Å². The summed E-state index contributed by atoms with van der Waals surface area (Å²) in [5.41, 5.74) is 6.37. The number of imidazole rings is 1. The van der Waals surface area contributed by atoms with Crippen LogP contribution in [0.4, 0.5) is 5.69 Å². The van der Waals surface area contributed by atoms with Crippen LogP contribution in [0.15, 0.2) is 30.3 Å². The van der Waals surface area contributed by atoms with Crippen molar-refractivity contribution in [3.63, 3.8) is 0 Å². The number of benzene rings is 1. The number of anilines is 1. The van der Waals surface area contributed by atoms with E-state index in [9.17, 15) is 4.79 Å². The lowest BCUT2D eigenvalue weighted by Gasteiger charge is -2.27. The number of fused-ring (bicyclic) bond motifs is 1. The van der Waals surface area contributed by atoms with Crippen molar-refractivity contribution in [1.29, 1.82) is 0 Å². The molecule has 1 aliphatic carbocycles. The van der Waals surface area contributed by atoms with E-state index in [0.717, 1.165) is 66.2 Å². The first kappa shape index (κ1) is 19.4. The van der Waals surface area contributed by atoms with Gasteiger partial charge in [-0.3, -0.25) is 4.79 Å². The van der Waals surface area contributed by atoms with Crippen LogP contribution in [0.2, 0.25) is 0 Å². The largest absolute Gasteiger partial charge is 0.481 e. The molecule has 0 aliphatic heterocycles. The highest BCUT2D eigenvalue weighted by Gasteiger charge is 2.25. The minimum Gasteiger partial charge on any atom is -0.481 e. The Morgan fingerprint density at radius 3 is 2.45 bits per heavy atom. The zero-order chi connectivity index (χ0) is 20.5. The van der Waals surface area contributed by atoms with Gasteiger partial charge in [0, 0.05) is 17.4 Å². The third-order valence-electron chi connectivity index (χ3n) is 5.95. The van der Waals surface area contributed by atoms with Gasteiger partial charge in [-0.15, -0.1) is 0 Å². The van der Waals surface area contributed by atoms with Crippen molar-refractivity contribution in [3.05, 3.63) is 53.0 Å². The van der Waals surface area contributed by atoms with Crippen molar-refractivity contribution >= 4 is 22.8 Å². The molecule has 1 saturated carbocycles. The normalized spacial score (nSPS) is 19.4. The van der Waals surface area contributed by atoms with Gasteiger partial charge in [0.15, 0.2) is 5.65 Å². The maximum Gasteiger partial charge on any atom is 0.306 e. The van der Waals surface area contributed by atoms with Crippen LogP contribution in [-0.4, -0.2) is 31.7 Å². The number of rotatable bonds is 5. The summed E-state index contributed by atoms with van der Waals surface area (Å²) in [6.45, 7) is 6.86. The molecule has 2 heterocycles. The summed E-state index contributed by atoms with van der Waals surface area (Å²) in [6.07, 6.45) is 3.32. The lowest BCUT2D eigenvalue weighted by Crippen LogP contribution is -2.29. The molecule has 0 amide bonds. The van der Waals surface area contributed by atoms with Gasteiger partial charge < -0.3 is 15.0 Å². The molecule has 1 aliphatic rings. The highest BCUT2D eigenvalue weighted by Crippen LogP contribution is 2.27. The number of aliphatic carboxylic acids is 1. The summed E-state index contributed by atoms with van der Waals surface area (Å²) < 4.78 is 2.17. The third-order valence-corrected chi connectivity index (χ3v) is 5.95. The molecule has 3 aromatic rings. The molecule has 0 spiro atoms. The summed E-state index contributed by atoms with van der Waals surface area (Å²) in [6, 6.07) is 10.9. The number of carboxylic acids is 1. The van der Waals surface area contributed by atoms with Crippen molar-refractivity contribution < 1.29 is 9.90 Å². The van der Waals surface area contributed by atoms with Gasteiger partial charge in [0.1, 0.15) is 11.3 Å². The SMILES string of the molecule is Cc1cc(C)c2nc(C)n(Cc3ccc(NC4CCC(C(=O)O)CC4)cc3)c2n1. The molecule has 2 N–H and O–H groups in total. The standard InChI is InChI=1S/C23H28N4O2/c1-14-12-15(2)24-22-21(14)25-16(3)27(22)13-17-4-8-19(9-5-17)26-20-10-6-18(7-11-20)23(28)29/h4-5,8-9,12,18,20,26H,6-7,10-11,13H2,1-3H3,(H,28,29). The summed E-state index contributed by atoms with van der Waals surface area (Å²) in [7, 11) is 0. The Bertz CT molecular complexity index is 1030. The van der Waals surface area contributed by atoms with Gasteiger partial charge >= 0.3 is 5.97 Å². The highest BCUT2D eigenvalue weighted by atomic mass is 16.4. The van der Waals surface area contributed by atoms with Crippen LogP contribution in [0.25, 0.3) is 11.2 Å². The van der Waals surface area contributed by atoms with Gasteiger partial charge in [-0.1, -0.05) is 12.1 Å². The Hall–Kier alpha value is -2.89. The smallest absolute Gasteiger partial charge is 0.306 e. The molecular formula is C23H28N4O2. The number of hydrogen-bond donors (Lipinski definition) is 2. The topological polar surface area (TPSA) is 80.0 Å². The number of pyridine rings is 1. The maximum atomic E-state index is 11.1. The summed E-state index contributed by atoms with van der Waals surface area (Å²) in [5.74, 6) is 0.137. The van der Waals surface area contributed by atoms with Gasteiger partial charge in [-0.05, 0) is 75.8 Å². The molecule has 1 fully saturated rings. The third kappa shape index (κ3) is 4.11. The van der Waals surface area contributed by atoms with Crippen LogP contribution < -0.4 is 5.32 Å². The van der Waals surface area contributed by atoms with Crippen molar-refractivity contribution in [2.24, 2.45) is 5.92 Å². The molecule has 0 unspecified atom stereocenters. The van der Waals surface area contributed by atoms with Crippen molar-refractivity contribution in [2.75, 3.05) is 5.32 Å². The van der Waals surface area contributed by atoms with Crippen LogP contribution in [0.1, 0.15) is 48.3 Å². The fraction of sp³-hybridized carbons (Fsp3) is 0.435. The second-order valence-corrected chi connectivity index (χ2v) is 8.23. The van der Waals surface area contributed by atoms with E-state index in [1.54, 1.807) is 0 Å². The molecule has 29 heavy (non-hydrogen) atoms. The molecule has 0 atom stereocenters. The van der Waals surface area contributed by atoms with E-state index >= 15 is 0 Å². The summed E-state index contributed by atoms with van der Waals surface area (Å²) in [5, 5.41) is 12.7. The summed E-state index contributed by atoms with van der Waals surface area (Å²) in [4.78, 5) is 20.5. The van der Waals surface area contributed by atoms with E-state index in [0.29, 0.717) is 6.04 Å². The van der Waals surface area contributed by atoms with E-state index in [2.05, 4.69) is 47.1 Å². The van der Waals surface area contributed by atoms with Crippen LogP contribution in [-0.2, 0) is 11.3 Å². The average molecular weight is 393 g/mol. The predicted octanol–water partition coefficient (Wildman–Crippen LogP) is 4.46. The van der Waals surface area contributed by atoms with Crippen LogP contribution in [0.5, 0.6) is 0 Å². The number of nitrogens with zero attached hydrogens (tertiary/aromatic N) is 3. The van der Waals surface area contributed by atoms with Crippen LogP contribution >= 0.6 is 0 Å². The van der Waals surface area contributed by atoms with Crippen molar-refractivity contribution in [3.8, 4) is 0 Å². The Balaban J connectivity index is 1.45. The zero-order valence-corrected chi connectivity index (χ0v) is 17.3. The molecule has 6 nitrogen and oxygen atoms in total. The number of hydrogen-bond acceptors (Lipinski definition) is 4. The minimum atomic E-state index is -0.657. The molecule has 152 valence electrons. The first-order valence-electron chi connectivity index (χ1n) is 10.3. The molecular weight excluding hydrogens is 364 g/mol. The molecule has 0 bridgehead atoms. The highest BCUT2D eigenvalue weighted by molar-refractivity contribution is 5.76. The van der Waals surface area contributed by atoms with E-state index in [-0.39, 0.29) is 5.92 Å². The first-order chi connectivity index (χ1) is 13.9. The van der Waals surface area contributed by atoms with Gasteiger partial charge in [-0.2, -0.15) is 0 Å². The number of aryl methyl sites for hydroxylation is 3. The Morgan fingerprint density at radius 2 is 1.79 bits per heavy atom. The fourth-order valence-corrected chi connectivity index (χ4v) is 4.31. The van der Waals surface area contributed by atoms with Gasteiger partial charge in [-0.25, -0.2) is 9.97 Å². The predicted molar refractivity (Wildman–Crippen MR) is 114 cm³/mol.